The molecule has 0 unspecified atom stereocenters. The van der Waals surface area contributed by atoms with Crippen molar-refractivity contribution in [3.8, 4) is 11.5 Å². The Labute approximate surface area is 178 Å². The summed E-state index contributed by atoms with van der Waals surface area (Å²) in [6, 6.07) is 24.2. The Morgan fingerprint density at radius 2 is 1.33 bits per heavy atom. The summed E-state index contributed by atoms with van der Waals surface area (Å²) in [5, 5.41) is 6.24. The minimum atomic E-state index is -0.614. The van der Waals surface area contributed by atoms with Gasteiger partial charge in [0.1, 0.15) is 11.5 Å². The van der Waals surface area contributed by atoms with Crippen LogP contribution in [0.5, 0.6) is 11.5 Å². The Bertz CT molecular complexity index is 935. The minimum absolute atomic E-state index is 0.0175. The fourth-order valence-corrected chi connectivity index (χ4v) is 3.80. The van der Waals surface area contributed by atoms with Crippen LogP contribution in [-0.4, -0.2) is 34.2 Å². The number of ether oxygens (including phenoxy) is 2. The Morgan fingerprint density at radius 1 is 0.800 bits per heavy atom. The van der Waals surface area contributed by atoms with Gasteiger partial charge >= 0.3 is 0 Å². The van der Waals surface area contributed by atoms with Crippen molar-refractivity contribution in [2.24, 2.45) is 0 Å². The van der Waals surface area contributed by atoms with Crippen molar-refractivity contribution in [2.75, 3.05) is 28.3 Å². The smallest absolute Gasteiger partial charge is 0.224 e. The van der Waals surface area contributed by atoms with Gasteiger partial charge in [-0.1, -0.05) is 48.5 Å². The average molecular weight is 405 g/mol. The van der Waals surface area contributed by atoms with Crippen LogP contribution in [0.25, 0.3) is 0 Å². The zero-order valence-corrected chi connectivity index (χ0v) is 17.9. The lowest BCUT2D eigenvalue weighted by molar-refractivity contribution is -0.119. The predicted octanol–water partition coefficient (Wildman–Crippen LogP) is 3.50. The number of amides is 1. The van der Waals surface area contributed by atoms with E-state index in [1.807, 2.05) is 43.4 Å². The molecule has 2 N–H and O–H groups in total. The van der Waals surface area contributed by atoms with Gasteiger partial charge in [0, 0.05) is 7.05 Å². The molecule has 0 bridgehead atoms. The van der Waals surface area contributed by atoms with Gasteiger partial charge in [-0.25, -0.2) is 0 Å². The number of hydrogen-bond acceptors (Lipinski definition) is 4. The Balaban J connectivity index is 2.19. The van der Waals surface area contributed by atoms with Crippen LogP contribution < -0.4 is 20.1 Å². The molecule has 0 fully saturated rings. The second-order valence-corrected chi connectivity index (χ2v) is 7.01. The molecule has 0 heterocycles. The van der Waals surface area contributed by atoms with Crippen molar-refractivity contribution in [3.63, 3.8) is 0 Å². The van der Waals surface area contributed by atoms with Crippen molar-refractivity contribution in [1.29, 1.82) is 0 Å². The van der Waals surface area contributed by atoms with Crippen molar-refractivity contribution < 1.29 is 14.3 Å². The number of carbonyl (C=O) groups is 1. The number of rotatable bonds is 8. The third-order valence-corrected chi connectivity index (χ3v) is 5.42. The second-order valence-electron chi connectivity index (χ2n) is 7.01. The molecule has 0 aliphatic rings. The van der Waals surface area contributed by atoms with Gasteiger partial charge in [0.25, 0.3) is 0 Å². The SMILES string of the molecule is CNC(=O)Cc1cccc(C(NC)(c2ccc(OC)cc2)c2ccc(OC)cc2)c1. The molecule has 0 spiro atoms. The second kappa shape index (κ2) is 9.46. The van der Waals surface area contributed by atoms with Crippen LogP contribution in [0.15, 0.2) is 72.8 Å². The first kappa shape index (κ1) is 21.4. The summed E-state index contributed by atoms with van der Waals surface area (Å²) in [5.74, 6) is 1.58. The van der Waals surface area contributed by atoms with Crippen molar-refractivity contribution in [2.45, 2.75) is 12.0 Å². The summed E-state index contributed by atoms with van der Waals surface area (Å²) in [4.78, 5) is 11.9. The number of nitrogens with one attached hydrogen (secondary N) is 2. The molecule has 3 rings (SSSR count). The molecule has 156 valence electrons. The number of hydrogen-bond donors (Lipinski definition) is 2. The van der Waals surface area contributed by atoms with Crippen molar-refractivity contribution >= 4 is 5.91 Å². The Hall–Kier alpha value is -3.31. The first-order valence-electron chi connectivity index (χ1n) is 9.85. The summed E-state index contributed by atoms with van der Waals surface area (Å²) >= 11 is 0. The maximum absolute atomic E-state index is 11.9. The fraction of sp³-hybridized carbons (Fsp3) is 0.240. The quantitative estimate of drug-likeness (QED) is 0.564. The third kappa shape index (κ3) is 4.16. The van der Waals surface area contributed by atoms with Crippen LogP contribution in [0.4, 0.5) is 0 Å². The van der Waals surface area contributed by atoms with Gasteiger partial charge in [-0.05, 0) is 53.6 Å². The molecule has 3 aromatic carbocycles. The molecule has 0 aliphatic heterocycles. The molecule has 5 nitrogen and oxygen atoms in total. The molecule has 0 saturated carbocycles. The summed E-state index contributed by atoms with van der Waals surface area (Å²) < 4.78 is 10.7. The van der Waals surface area contributed by atoms with Gasteiger partial charge in [-0.15, -0.1) is 0 Å². The van der Waals surface area contributed by atoms with E-state index < -0.39 is 5.54 Å². The van der Waals surface area contributed by atoms with E-state index in [1.165, 1.54) is 0 Å². The molecule has 0 aliphatic carbocycles. The highest BCUT2D eigenvalue weighted by Gasteiger charge is 2.35. The van der Waals surface area contributed by atoms with E-state index in [2.05, 4.69) is 47.0 Å². The summed E-state index contributed by atoms with van der Waals surface area (Å²) in [6.45, 7) is 0. The molecular weight excluding hydrogens is 376 g/mol. The number of methoxy groups -OCH3 is 2. The molecule has 30 heavy (non-hydrogen) atoms. The number of likely N-dealkylation sites (N-methyl/N-ethyl adjacent to an activating group) is 1. The molecule has 0 aromatic heterocycles. The summed E-state index contributed by atoms with van der Waals surface area (Å²) in [6.07, 6.45) is 0.329. The van der Waals surface area contributed by atoms with Crippen molar-refractivity contribution in [1.82, 2.24) is 10.6 Å². The zero-order valence-electron chi connectivity index (χ0n) is 17.9. The molecule has 3 aromatic rings. The van der Waals surface area contributed by atoms with Crippen LogP contribution in [0, 0.1) is 0 Å². The first-order valence-corrected chi connectivity index (χ1v) is 9.85. The number of benzene rings is 3. The Morgan fingerprint density at radius 3 is 1.77 bits per heavy atom. The predicted molar refractivity (Wildman–Crippen MR) is 119 cm³/mol. The maximum atomic E-state index is 11.9. The lowest BCUT2D eigenvalue weighted by Crippen LogP contribution is -2.42. The van der Waals surface area contributed by atoms with Crippen LogP contribution in [-0.2, 0) is 16.8 Å². The fourth-order valence-electron chi connectivity index (χ4n) is 3.80. The van der Waals surface area contributed by atoms with Gasteiger partial charge in [0.05, 0.1) is 26.2 Å². The van der Waals surface area contributed by atoms with Crippen LogP contribution >= 0.6 is 0 Å². The molecule has 0 radical (unpaired) electrons. The molecule has 5 heteroatoms. The standard InChI is InChI=1S/C25H28N2O3/c1-26-24(28)17-18-6-5-7-21(16-18)25(27-2,19-8-12-22(29-3)13-9-19)20-10-14-23(30-4)15-11-20/h5-16,27H,17H2,1-4H3,(H,26,28). The normalized spacial score (nSPS) is 11.1. The topological polar surface area (TPSA) is 59.6 Å². The highest BCUT2D eigenvalue weighted by atomic mass is 16.5. The highest BCUT2D eigenvalue weighted by Crippen LogP contribution is 2.38. The Kier molecular flexibility index (Phi) is 6.75. The maximum Gasteiger partial charge on any atom is 0.224 e. The molecule has 0 saturated heterocycles. The van der Waals surface area contributed by atoms with Crippen LogP contribution in [0.2, 0.25) is 0 Å². The lowest BCUT2D eigenvalue weighted by Gasteiger charge is -2.36. The van der Waals surface area contributed by atoms with Crippen LogP contribution in [0.3, 0.4) is 0 Å². The van der Waals surface area contributed by atoms with Gasteiger partial charge in [0.2, 0.25) is 5.91 Å². The van der Waals surface area contributed by atoms with Gasteiger partial charge in [-0.3, -0.25) is 4.79 Å². The first-order chi connectivity index (χ1) is 14.6. The summed E-state index contributed by atoms with van der Waals surface area (Å²) in [5.41, 5.74) is 3.51. The van der Waals surface area contributed by atoms with Gasteiger partial charge in [0.15, 0.2) is 0 Å². The highest BCUT2D eigenvalue weighted by molar-refractivity contribution is 5.78. The van der Waals surface area contributed by atoms with E-state index in [4.69, 9.17) is 9.47 Å². The van der Waals surface area contributed by atoms with Crippen molar-refractivity contribution in [3.05, 3.63) is 95.1 Å². The van der Waals surface area contributed by atoms with E-state index in [0.717, 1.165) is 33.8 Å². The number of carbonyl (C=O) groups excluding carboxylic acids is 1. The van der Waals surface area contributed by atoms with E-state index in [-0.39, 0.29) is 5.91 Å². The average Bonchev–Trinajstić information content (AvgIpc) is 2.81. The van der Waals surface area contributed by atoms with E-state index in [9.17, 15) is 4.79 Å². The molecule has 0 atom stereocenters. The van der Waals surface area contributed by atoms with E-state index in [1.54, 1.807) is 21.3 Å². The van der Waals surface area contributed by atoms with E-state index in [0.29, 0.717) is 6.42 Å². The minimum Gasteiger partial charge on any atom is -0.497 e. The lowest BCUT2D eigenvalue weighted by atomic mass is 9.76. The van der Waals surface area contributed by atoms with Crippen LogP contribution in [0.1, 0.15) is 22.3 Å². The van der Waals surface area contributed by atoms with E-state index >= 15 is 0 Å². The monoisotopic (exact) mass is 404 g/mol. The van der Waals surface area contributed by atoms with Gasteiger partial charge in [-0.2, -0.15) is 0 Å². The molecule has 1 amide bonds. The molecular formula is C25H28N2O3. The largest absolute Gasteiger partial charge is 0.497 e. The summed E-state index contributed by atoms with van der Waals surface area (Å²) in [7, 11) is 6.91. The van der Waals surface area contributed by atoms with Gasteiger partial charge < -0.3 is 20.1 Å². The zero-order chi connectivity index (χ0) is 21.6. The third-order valence-electron chi connectivity index (χ3n) is 5.42.